The van der Waals surface area contributed by atoms with E-state index in [0.717, 1.165) is 0 Å². The number of hydrogen-bond acceptors (Lipinski definition) is 5. The molecule has 0 aliphatic carbocycles. The van der Waals surface area contributed by atoms with Crippen LogP contribution in [0.1, 0.15) is 10.6 Å². The first-order chi connectivity index (χ1) is 7.27. The molecule has 2 N–H and O–H groups in total. The highest BCUT2D eigenvalue weighted by molar-refractivity contribution is 6.01. The molecule has 0 saturated heterocycles. The van der Waals surface area contributed by atoms with E-state index in [-0.39, 0.29) is 5.82 Å². The van der Waals surface area contributed by atoms with Crippen LogP contribution in [-0.2, 0) is 0 Å². The third kappa shape index (κ3) is 1.90. The third-order valence-corrected chi connectivity index (χ3v) is 1.69. The summed E-state index contributed by atoms with van der Waals surface area (Å²) in [6.45, 7) is 0. The maximum atomic E-state index is 11.5. The van der Waals surface area contributed by atoms with Gasteiger partial charge in [0.1, 0.15) is 0 Å². The molecule has 0 aliphatic rings. The van der Waals surface area contributed by atoms with Crippen LogP contribution >= 0.6 is 0 Å². The Morgan fingerprint density at radius 3 is 2.67 bits per heavy atom. The van der Waals surface area contributed by atoms with Crippen molar-refractivity contribution in [2.24, 2.45) is 0 Å². The molecule has 7 nitrogen and oxygen atoms in total. The molecule has 0 fully saturated rings. The van der Waals surface area contributed by atoms with Crippen molar-refractivity contribution < 1.29 is 10.0 Å². The lowest BCUT2D eigenvalue weighted by Crippen LogP contribution is -2.17. The minimum Gasteiger partial charge on any atom is -0.409 e. The molecule has 0 unspecified atom stereocenters. The van der Waals surface area contributed by atoms with Crippen LogP contribution in [0.2, 0.25) is 0 Å². The van der Waals surface area contributed by atoms with Gasteiger partial charge in [-0.1, -0.05) is 28.1 Å². The van der Waals surface area contributed by atoms with Gasteiger partial charge in [-0.05, 0) is 22.6 Å². The second-order valence-corrected chi connectivity index (χ2v) is 2.71. The fourth-order valence-corrected chi connectivity index (χ4v) is 1.03. The molecule has 0 saturated carbocycles. The molecular formula is C8H7N5O2. The summed E-state index contributed by atoms with van der Waals surface area (Å²) >= 11 is 0. The van der Waals surface area contributed by atoms with Crippen molar-refractivity contribution >= 4 is 11.6 Å². The van der Waals surface area contributed by atoms with Gasteiger partial charge < -0.3 is 10.5 Å². The van der Waals surface area contributed by atoms with E-state index in [4.69, 9.17) is 5.21 Å². The highest BCUT2D eigenvalue weighted by atomic mass is 16.5. The number of para-hydroxylation sites is 1. The number of amides is 1. The molecule has 1 amide bonds. The van der Waals surface area contributed by atoms with Gasteiger partial charge in [-0.3, -0.25) is 4.79 Å². The van der Waals surface area contributed by atoms with Crippen LogP contribution in [-0.4, -0.2) is 31.5 Å². The zero-order chi connectivity index (χ0) is 10.7. The largest absolute Gasteiger partial charge is 0.409 e. The second kappa shape index (κ2) is 3.74. The number of carbonyl (C=O) groups is 1. The third-order valence-electron chi connectivity index (χ3n) is 1.69. The number of nitrogens with zero attached hydrogens (tertiary/aromatic N) is 4. The number of carbonyl (C=O) groups excluding carboxylic acids is 1. The average molecular weight is 205 g/mol. The lowest BCUT2D eigenvalue weighted by molar-refractivity contribution is 0.0925. The van der Waals surface area contributed by atoms with Crippen LogP contribution in [0.5, 0.6) is 0 Å². The fraction of sp³-hybridized carbons (Fsp3) is 0. The minimum atomic E-state index is -0.575. The normalized spacial score (nSPS) is 9.87. The van der Waals surface area contributed by atoms with Crippen LogP contribution < -0.4 is 5.32 Å². The van der Waals surface area contributed by atoms with Crippen molar-refractivity contribution in [3.63, 3.8) is 0 Å². The van der Waals surface area contributed by atoms with E-state index in [1.54, 1.807) is 24.3 Å². The lowest BCUT2D eigenvalue weighted by atomic mass is 10.3. The Kier molecular flexibility index (Phi) is 2.28. The van der Waals surface area contributed by atoms with E-state index in [1.165, 1.54) is 0 Å². The lowest BCUT2D eigenvalue weighted by Gasteiger charge is -2.01. The monoisotopic (exact) mass is 205 g/mol. The number of tetrazole rings is 1. The summed E-state index contributed by atoms with van der Waals surface area (Å²) < 4.78 is 0. The van der Waals surface area contributed by atoms with Gasteiger partial charge >= 0.3 is 0 Å². The molecule has 1 aromatic carbocycles. The summed E-state index contributed by atoms with van der Waals surface area (Å²) in [6.07, 6.45) is 0. The van der Waals surface area contributed by atoms with Crippen molar-refractivity contribution in [2.45, 2.75) is 0 Å². The first-order valence-electron chi connectivity index (χ1n) is 4.11. The quantitative estimate of drug-likeness (QED) is 0.681. The maximum Gasteiger partial charge on any atom is 0.298 e. The Bertz CT molecular complexity index is 467. The number of benzene rings is 1. The minimum absolute atomic E-state index is 0.265. The highest BCUT2D eigenvalue weighted by Crippen LogP contribution is 2.06. The van der Waals surface area contributed by atoms with Crippen molar-refractivity contribution in [1.82, 2.24) is 20.4 Å². The standard InChI is InChI=1S/C8H7N5O2/c14-8(7-10-11-12-13(7)15)9-6-4-2-1-3-5-6/h1-5,15H,(H,9,14). The van der Waals surface area contributed by atoms with Gasteiger partial charge in [0, 0.05) is 5.69 Å². The predicted molar refractivity (Wildman–Crippen MR) is 49.4 cm³/mol. The summed E-state index contributed by atoms with van der Waals surface area (Å²) in [5, 5.41) is 21.2. The molecule has 1 heterocycles. The molecule has 0 aliphatic heterocycles. The van der Waals surface area contributed by atoms with E-state index in [1.807, 2.05) is 6.07 Å². The Hall–Kier alpha value is -2.44. The van der Waals surface area contributed by atoms with Crippen LogP contribution in [0.15, 0.2) is 30.3 Å². The van der Waals surface area contributed by atoms with E-state index < -0.39 is 5.91 Å². The molecule has 2 rings (SSSR count). The Labute approximate surface area is 84.3 Å². The van der Waals surface area contributed by atoms with Crippen molar-refractivity contribution in [3.8, 4) is 0 Å². The average Bonchev–Trinajstić information content (AvgIpc) is 2.66. The molecule has 15 heavy (non-hydrogen) atoms. The number of rotatable bonds is 2. The van der Waals surface area contributed by atoms with Crippen LogP contribution in [0.25, 0.3) is 0 Å². The summed E-state index contributed by atoms with van der Waals surface area (Å²) in [6, 6.07) is 8.80. The molecule has 0 bridgehead atoms. The van der Waals surface area contributed by atoms with Gasteiger partial charge in [-0.25, -0.2) is 0 Å². The zero-order valence-electron chi connectivity index (χ0n) is 7.53. The van der Waals surface area contributed by atoms with E-state index in [0.29, 0.717) is 10.5 Å². The van der Waals surface area contributed by atoms with Gasteiger partial charge in [-0.15, -0.1) is 0 Å². The molecule has 0 radical (unpaired) electrons. The Morgan fingerprint density at radius 2 is 2.07 bits per heavy atom. The van der Waals surface area contributed by atoms with Crippen molar-refractivity contribution in [2.75, 3.05) is 5.32 Å². The molecule has 1 aromatic heterocycles. The zero-order valence-corrected chi connectivity index (χ0v) is 7.53. The predicted octanol–water partition coefficient (Wildman–Crippen LogP) is 0.163. The molecule has 76 valence electrons. The van der Waals surface area contributed by atoms with Gasteiger partial charge in [0.25, 0.3) is 11.7 Å². The van der Waals surface area contributed by atoms with Gasteiger partial charge in [-0.2, -0.15) is 0 Å². The fourth-order valence-electron chi connectivity index (χ4n) is 1.03. The van der Waals surface area contributed by atoms with E-state index >= 15 is 0 Å². The smallest absolute Gasteiger partial charge is 0.298 e. The van der Waals surface area contributed by atoms with E-state index in [9.17, 15) is 4.79 Å². The van der Waals surface area contributed by atoms with Gasteiger partial charge in [0.15, 0.2) is 0 Å². The summed E-state index contributed by atoms with van der Waals surface area (Å²) in [4.78, 5) is 11.8. The van der Waals surface area contributed by atoms with Crippen LogP contribution in [0.4, 0.5) is 5.69 Å². The Morgan fingerprint density at radius 1 is 1.33 bits per heavy atom. The summed E-state index contributed by atoms with van der Waals surface area (Å²) in [5.41, 5.74) is 0.602. The number of hydrogen-bond donors (Lipinski definition) is 2. The first-order valence-corrected chi connectivity index (χ1v) is 4.11. The van der Waals surface area contributed by atoms with Gasteiger partial charge in [0.05, 0.1) is 0 Å². The molecule has 7 heteroatoms. The first kappa shape index (κ1) is 9.13. The number of anilines is 1. The van der Waals surface area contributed by atoms with Crippen molar-refractivity contribution in [1.29, 1.82) is 0 Å². The van der Waals surface area contributed by atoms with Crippen LogP contribution in [0, 0.1) is 0 Å². The summed E-state index contributed by atoms with van der Waals surface area (Å²) in [7, 11) is 0. The van der Waals surface area contributed by atoms with E-state index in [2.05, 4.69) is 20.8 Å². The summed E-state index contributed by atoms with van der Waals surface area (Å²) in [5.74, 6) is -0.840. The Balaban J connectivity index is 2.15. The maximum absolute atomic E-state index is 11.5. The molecule has 0 spiro atoms. The molecule has 0 atom stereocenters. The second-order valence-electron chi connectivity index (χ2n) is 2.71. The van der Waals surface area contributed by atoms with Gasteiger partial charge in [0.2, 0.25) is 0 Å². The topological polar surface area (TPSA) is 92.9 Å². The number of nitrogens with one attached hydrogen (secondary N) is 1. The highest BCUT2D eigenvalue weighted by Gasteiger charge is 2.14. The molecule has 2 aromatic rings. The van der Waals surface area contributed by atoms with Crippen LogP contribution in [0.3, 0.4) is 0 Å². The SMILES string of the molecule is O=C(Nc1ccccc1)c1nnnn1O. The number of aromatic nitrogens is 4. The van der Waals surface area contributed by atoms with Crippen molar-refractivity contribution in [3.05, 3.63) is 36.2 Å². The molecular weight excluding hydrogens is 198 g/mol.